The number of rotatable bonds is 6. The number of nitrogens with zero attached hydrogens (tertiary/aromatic N) is 4. The van der Waals surface area contributed by atoms with Crippen molar-refractivity contribution in [3.05, 3.63) is 114 Å². The van der Waals surface area contributed by atoms with Gasteiger partial charge >= 0.3 is 0 Å². The largest absolute Gasteiger partial charge is 0.339 e. The van der Waals surface area contributed by atoms with Crippen LogP contribution < -0.4 is 5.32 Å². The molecule has 1 unspecified atom stereocenters. The Hall–Kier alpha value is -4.04. The Morgan fingerprint density at radius 1 is 0.828 bits per heavy atom. The Kier molecular flexibility index (Phi) is 5.54. The summed E-state index contributed by atoms with van der Waals surface area (Å²) in [5.41, 5.74) is 4.89. The van der Waals surface area contributed by atoms with Gasteiger partial charge in [0.2, 0.25) is 0 Å². The SMILES string of the molecule is N#Cc1ccc(C(Cc2cccnc2Nc2cccnc2)c2cccnc2)cc1. The second-order valence-corrected chi connectivity index (χ2v) is 6.65. The van der Waals surface area contributed by atoms with Crippen LogP contribution in [0.4, 0.5) is 11.5 Å². The number of benzene rings is 1. The Bertz CT molecular complexity index is 1100. The monoisotopic (exact) mass is 377 g/mol. The molecule has 0 amide bonds. The van der Waals surface area contributed by atoms with Crippen molar-refractivity contribution in [1.82, 2.24) is 15.0 Å². The van der Waals surface area contributed by atoms with Crippen LogP contribution in [0.15, 0.2) is 91.6 Å². The van der Waals surface area contributed by atoms with Crippen LogP contribution in [0.2, 0.25) is 0 Å². The van der Waals surface area contributed by atoms with Crippen molar-refractivity contribution in [2.45, 2.75) is 12.3 Å². The van der Waals surface area contributed by atoms with Gasteiger partial charge in [0.25, 0.3) is 0 Å². The highest BCUT2D eigenvalue weighted by molar-refractivity contribution is 5.58. The lowest BCUT2D eigenvalue weighted by Gasteiger charge is -2.20. The van der Waals surface area contributed by atoms with Gasteiger partial charge in [-0.05, 0) is 59.5 Å². The fourth-order valence-corrected chi connectivity index (χ4v) is 3.31. The topological polar surface area (TPSA) is 74.5 Å². The number of anilines is 2. The Morgan fingerprint density at radius 2 is 1.59 bits per heavy atom. The summed E-state index contributed by atoms with van der Waals surface area (Å²) in [5.74, 6) is 0.901. The van der Waals surface area contributed by atoms with Gasteiger partial charge in [-0.3, -0.25) is 9.97 Å². The molecule has 0 saturated carbocycles. The summed E-state index contributed by atoms with van der Waals surface area (Å²) in [6.45, 7) is 0. The van der Waals surface area contributed by atoms with E-state index in [0.717, 1.165) is 34.6 Å². The molecule has 0 aliphatic carbocycles. The predicted molar refractivity (Wildman–Crippen MR) is 113 cm³/mol. The molecule has 0 saturated heterocycles. The fraction of sp³-hybridized carbons (Fsp3) is 0.0833. The first kappa shape index (κ1) is 18.3. The standard InChI is InChI=1S/C24H19N5/c25-15-18-7-9-19(10-8-18)23(21-5-1-11-26-16-21)14-20-4-2-13-28-24(20)29-22-6-3-12-27-17-22/h1-13,16-17,23H,14H2,(H,28,29). The van der Waals surface area contributed by atoms with Crippen molar-refractivity contribution in [2.24, 2.45) is 0 Å². The van der Waals surface area contributed by atoms with Gasteiger partial charge in [0, 0.05) is 30.7 Å². The summed E-state index contributed by atoms with van der Waals surface area (Å²) >= 11 is 0. The lowest BCUT2D eigenvalue weighted by atomic mass is 9.86. The van der Waals surface area contributed by atoms with E-state index in [2.05, 4.69) is 38.5 Å². The first-order valence-corrected chi connectivity index (χ1v) is 9.34. The van der Waals surface area contributed by atoms with Gasteiger partial charge in [-0.1, -0.05) is 24.3 Å². The molecule has 29 heavy (non-hydrogen) atoms. The maximum atomic E-state index is 9.11. The Morgan fingerprint density at radius 3 is 2.28 bits per heavy atom. The quantitative estimate of drug-likeness (QED) is 0.519. The van der Waals surface area contributed by atoms with Gasteiger partial charge < -0.3 is 5.32 Å². The molecule has 5 nitrogen and oxygen atoms in total. The Labute approximate surface area is 169 Å². The number of nitriles is 1. The van der Waals surface area contributed by atoms with Crippen LogP contribution in [0.1, 0.15) is 28.2 Å². The summed E-state index contributed by atoms with van der Waals surface area (Å²) in [6, 6.07) is 21.8. The van der Waals surface area contributed by atoms with Crippen LogP contribution in [0.5, 0.6) is 0 Å². The zero-order valence-electron chi connectivity index (χ0n) is 15.7. The maximum absolute atomic E-state index is 9.11. The van der Waals surface area contributed by atoms with Crippen molar-refractivity contribution in [2.75, 3.05) is 5.32 Å². The minimum absolute atomic E-state index is 0.0927. The number of aromatic nitrogens is 3. The first-order valence-electron chi connectivity index (χ1n) is 9.34. The molecule has 0 aliphatic rings. The van der Waals surface area contributed by atoms with Gasteiger partial charge in [-0.2, -0.15) is 5.26 Å². The minimum atomic E-state index is 0.0927. The summed E-state index contributed by atoms with van der Waals surface area (Å²) in [5, 5.41) is 12.5. The molecule has 140 valence electrons. The molecule has 4 rings (SSSR count). The Balaban J connectivity index is 1.69. The lowest BCUT2D eigenvalue weighted by molar-refractivity contribution is 0.798. The maximum Gasteiger partial charge on any atom is 0.133 e. The van der Waals surface area contributed by atoms with Gasteiger partial charge in [0.05, 0.1) is 23.5 Å². The molecule has 0 radical (unpaired) electrons. The van der Waals surface area contributed by atoms with Crippen LogP contribution in [0.25, 0.3) is 0 Å². The van der Waals surface area contributed by atoms with E-state index in [1.54, 1.807) is 24.8 Å². The smallest absolute Gasteiger partial charge is 0.133 e. The van der Waals surface area contributed by atoms with E-state index < -0.39 is 0 Å². The van der Waals surface area contributed by atoms with E-state index in [1.807, 2.05) is 54.7 Å². The molecule has 1 atom stereocenters. The van der Waals surface area contributed by atoms with Gasteiger partial charge in [0.1, 0.15) is 5.82 Å². The molecular formula is C24H19N5. The molecule has 3 aromatic heterocycles. The van der Waals surface area contributed by atoms with Crippen LogP contribution >= 0.6 is 0 Å². The van der Waals surface area contributed by atoms with E-state index in [9.17, 15) is 0 Å². The fourth-order valence-electron chi connectivity index (χ4n) is 3.31. The summed E-state index contributed by atoms with van der Waals surface area (Å²) in [4.78, 5) is 13.0. The van der Waals surface area contributed by atoms with Crippen molar-refractivity contribution in [3.8, 4) is 6.07 Å². The van der Waals surface area contributed by atoms with Crippen LogP contribution in [-0.4, -0.2) is 15.0 Å². The van der Waals surface area contributed by atoms with Crippen molar-refractivity contribution >= 4 is 11.5 Å². The summed E-state index contributed by atoms with van der Waals surface area (Å²) < 4.78 is 0. The van der Waals surface area contributed by atoms with E-state index in [4.69, 9.17) is 5.26 Å². The highest BCUT2D eigenvalue weighted by Gasteiger charge is 2.18. The molecule has 0 spiro atoms. The number of nitrogens with one attached hydrogen (secondary N) is 1. The molecule has 3 heterocycles. The molecule has 5 heteroatoms. The third-order valence-corrected chi connectivity index (χ3v) is 4.77. The molecule has 0 aliphatic heterocycles. The second kappa shape index (κ2) is 8.77. The van der Waals surface area contributed by atoms with Gasteiger partial charge in [-0.15, -0.1) is 0 Å². The number of hydrogen-bond donors (Lipinski definition) is 1. The predicted octanol–water partition coefficient (Wildman–Crippen LogP) is 4.86. The van der Waals surface area contributed by atoms with Crippen LogP contribution in [0.3, 0.4) is 0 Å². The first-order chi connectivity index (χ1) is 14.3. The lowest BCUT2D eigenvalue weighted by Crippen LogP contribution is -2.08. The van der Waals surface area contributed by atoms with Crippen molar-refractivity contribution in [1.29, 1.82) is 5.26 Å². The van der Waals surface area contributed by atoms with Crippen molar-refractivity contribution in [3.63, 3.8) is 0 Å². The molecule has 1 aromatic carbocycles. The summed E-state index contributed by atoms with van der Waals surface area (Å²) in [7, 11) is 0. The van der Waals surface area contributed by atoms with E-state index in [1.165, 1.54) is 0 Å². The van der Waals surface area contributed by atoms with Crippen LogP contribution in [-0.2, 0) is 6.42 Å². The third-order valence-electron chi connectivity index (χ3n) is 4.77. The van der Waals surface area contributed by atoms with Crippen LogP contribution in [0, 0.1) is 11.3 Å². The third kappa shape index (κ3) is 4.45. The molecule has 4 aromatic rings. The van der Waals surface area contributed by atoms with Gasteiger partial charge in [-0.25, -0.2) is 4.98 Å². The minimum Gasteiger partial charge on any atom is -0.339 e. The molecular weight excluding hydrogens is 358 g/mol. The van der Waals surface area contributed by atoms with Crippen molar-refractivity contribution < 1.29 is 0 Å². The van der Waals surface area contributed by atoms with E-state index in [0.29, 0.717) is 5.56 Å². The zero-order valence-corrected chi connectivity index (χ0v) is 15.7. The molecule has 1 N–H and O–H groups in total. The highest BCUT2D eigenvalue weighted by atomic mass is 15.0. The second-order valence-electron chi connectivity index (χ2n) is 6.65. The average molecular weight is 377 g/mol. The molecule has 0 bridgehead atoms. The average Bonchev–Trinajstić information content (AvgIpc) is 2.80. The molecule has 0 fully saturated rings. The van der Waals surface area contributed by atoms with E-state index >= 15 is 0 Å². The summed E-state index contributed by atoms with van der Waals surface area (Å²) in [6.07, 6.45) is 9.72. The highest BCUT2D eigenvalue weighted by Crippen LogP contribution is 2.31. The number of pyridine rings is 3. The normalized spacial score (nSPS) is 11.4. The van der Waals surface area contributed by atoms with E-state index in [-0.39, 0.29) is 5.92 Å². The number of hydrogen-bond acceptors (Lipinski definition) is 5. The zero-order chi connectivity index (χ0) is 19.9. The van der Waals surface area contributed by atoms with Gasteiger partial charge in [0.15, 0.2) is 0 Å².